The van der Waals surface area contributed by atoms with E-state index in [1.807, 2.05) is 0 Å². The number of rotatable bonds is 8. The monoisotopic (exact) mass is 227 g/mol. The molecule has 2 unspecified atom stereocenters. The zero-order valence-corrected chi connectivity index (χ0v) is 11.3. The van der Waals surface area contributed by atoms with Crippen LogP contribution in [0, 0.1) is 5.92 Å². The van der Waals surface area contributed by atoms with Crippen molar-refractivity contribution in [1.29, 1.82) is 0 Å². The van der Waals surface area contributed by atoms with Crippen LogP contribution >= 0.6 is 0 Å². The standard InChI is InChI=1S/C14H29NO/c1-4-9-15-12(2)10-13(3)16-11-14-7-5-6-8-14/h12-15H,4-11H2,1-3H3. The van der Waals surface area contributed by atoms with Gasteiger partial charge >= 0.3 is 0 Å². The summed E-state index contributed by atoms with van der Waals surface area (Å²) in [5.74, 6) is 0.848. The van der Waals surface area contributed by atoms with Crippen molar-refractivity contribution in [3.8, 4) is 0 Å². The average molecular weight is 227 g/mol. The van der Waals surface area contributed by atoms with Gasteiger partial charge in [0, 0.05) is 12.6 Å². The highest BCUT2D eigenvalue weighted by Crippen LogP contribution is 2.25. The Morgan fingerprint density at radius 1 is 1.25 bits per heavy atom. The van der Waals surface area contributed by atoms with Crippen LogP contribution in [0.3, 0.4) is 0 Å². The summed E-state index contributed by atoms with van der Waals surface area (Å²) in [6.07, 6.45) is 8.34. The molecular weight excluding hydrogens is 198 g/mol. The van der Waals surface area contributed by atoms with E-state index in [-0.39, 0.29) is 0 Å². The Labute approximate surface area is 101 Å². The van der Waals surface area contributed by atoms with E-state index < -0.39 is 0 Å². The number of ether oxygens (including phenoxy) is 1. The zero-order chi connectivity index (χ0) is 11.8. The van der Waals surface area contributed by atoms with Gasteiger partial charge in [0.05, 0.1) is 6.10 Å². The Kier molecular flexibility index (Phi) is 7.06. The second-order valence-electron chi connectivity index (χ2n) is 5.39. The van der Waals surface area contributed by atoms with Gasteiger partial charge in [-0.05, 0) is 52.0 Å². The first-order valence-electron chi connectivity index (χ1n) is 7.07. The smallest absolute Gasteiger partial charge is 0.0561 e. The molecule has 96 valence electrons. The normalized spacial score (nSPS) is 21.2. The maximum atomic E-state index is 5.94. The van der Waals surface area contributed by atoms with Crippen LogP contribution in [0.4, 0.5) is 0 Å². The highest BCUT2D eigenvalue weighted by atomic mass is 16.5. The van der Waals surface area contributed by atoms with Crippen molar-refractivity contribution < 1.29 is 4.74 Å². The van der Waals surface area contributed by atoms with Crippen molar-refractivity contribution in [3.63, 3.8) is 0 Å². The molecule has 2 atom stereocenters. The molecule has 16 heavy (non-hydrogen) atoms. The molecule has 0 aromatic heterocycles. The van der Waals surface area contributed by atoms with Gasteiger partial charge in [-0.15, -0.1) is 0 Å². The highest BCUT2D eigenvalue weighted by molar-refractivity contribution is 4.69. The lowest BCUT2D eigenvalue weighted by Gasteiger charge is -2.20. The molecule has 0 radical (unpaired) electrons. The summed E-state index contributed by atoms with van der Waals surface area (Å²) in [6.45, 7) is 8.78. The van der Waals surface area contributed by atoms with Crippen molar-refractivity contribution in [2.45, 2.75) is 71.4 Å². The van der Waals surface area contributed by atoms with Crippen LogP contribution in [0.5, 0.6) is 0 Å². The van der Waals surface area contributed by atoms with Gasteiger partial charge in [-0.1, -0.05) is 19.8 Å². The molecule has 0 amide bonds. The summed E-state index contributed by atoms with van der Waals surface area (Å²) >= 11 is 0. The molecule has 0 saturated heterocycles. The van der Waals surface area contributed by atoms with E-state index in [1.165, 1.54) is 32.1 Å². The quantitative estimate of drug-likeness (QED) is 0.686. The largest absolute Gasteiger partial charge is 0.378 e. The van der Waals surface area contributed by atoms with Crippen molar-refractivity contribution in [2.75, 3.05) is 13.2 Å². The molecule has 1 aliphatic rings. The second-order valence-corrected chi connectivity index (χ2v) is 5.39. The third kappa shape index (κ3) is 5.86. The van der Waals surface area contributed by atoms with Gasteiger partial charge in [-0.25, -0.2) is 0 Å². The fourth-order valence-electron chi connectivity index (χ4n) is 2.52. The van der Waals surface area contributed by atoms with Gasteiger partial charge in [0.2, 0.25) is 0 Å². The predicted molar refractivity (Wildman–Crippen MR) is 69.7 cm³/mol. The Hall–Kier alpha value is -0.0800. The SMILES string of the molecule is CCCNC(C)CC(C)OCC1CCCC1. The first-order chi connectivity index (χ1) is 7.72. The summed E-state index contributed by atoms with van der Waals surface area (Å²) in [5, 5.41) is 3.51. The van der Waals surface area contributed by atoms with E-state index >= 15 is 0 Å². The summed E-state index contributed by atoms with van der Waals surface area (Å²) in [6, 6.07) is 0.582. The van der Waals surface area contributed by atoms with Crippen LogP contribution in [-0.4, -0.2) is 25.3 Å². The maximum Gasteiger partial charge on any atom is 0.0561 e. The summed E-state index contributed by atoms with van der Waals surface area (Å²) in [7, 11) is 0. The van der Waals surface area contributed by atoms with Crippen molar-refractivity contribution >= 4 is 0 Å². The number of hydrogen-bond acceptors (Lipinski definition) is 2. The molecule has 1 aliphatic carbocycles. The summed E-state index contributed by atoms with van der Waals surface area (Å²) < 4.78 is 5.94. The summed E-state index contributed by atoms with van der Waals surface area (Å²) in [4.78, 5) is 0. The molecule has 0 spiro atoms. The van der Waals surface area contributed by atoms with Crippen molar-refractivity contribution in [1.82, 2.24) is 5.32 Å². The number of hydrogen-bond donors (Lipinski definition) is 1. The van der Waals surface area contributed by atoms with Crippen molar-refractivity contribution in [2.24, 2.45) is 5.92 Å². The molecular formula is C14H29NO. The van der Waals surface area contributed by atoms with E-state index in [0.29, 0.717) is 12.1 Å². The van der Waals surface area contributed by atoms with Gasteiger partial charge in [0.25, 0.3) is 0 Å². The molecule has 1 rings (SSSR count). The molecule has 1 N–H and O–H groups in total. The molecule has 0 aliphatic heterocycles. The van der Waals surface area contributed by atoms with E-state index in [0.717, 1.165) is 25.5 Å². The van der Waals surface area contributed by atoms with Gasteiger partial charge in [0.1, 0.15) is 0 Å². The first kappa shape index (κ1) is 14.0. The number of nitrogens with one attached hydrogen (secondary N) is 1. The Balaban J connectivity index is 2.02. The predicted octanol–water partition coefficient (Wildman–Crippen LogP) is 3.36. The lowest BCUT2D eigenvalue weighted by molar-refractivity contribution is 0.0317. The van der Waals surface area contributed by atoms with Crippen LogP contribution in [0.1, 0.15) is 59.3 Å². The minimum absolute atomic E-state index is 0.403. The van der Waals surface area contributed by atoms with E-state index in [2.05, 4.69) is 26.1 Å². The lowest BCUT2D eigenvalue weighted by atomic mass is 10.1. The molecule has 1 saturated carbocycles. The minimum Gasteiger partial charge on any atom is -0.378 e. The van der Waals surface area contributed by atoms with Crippen LogP contribution in [0.15, 0.2) is 0 Å². The van der Waals surface area contributed by atoms with Gasteiger partial charge in [-0.3, -0.25) is 0 Å². The van der Waals surface area contributed by atoms with Crippen LogP contribution in [-0.2, 0) is 4.74 Å². The maximum absolute atomic E-state index is 5.94. The van der Waals surface area contributed by atoms with Crippen LogP contribution < -0.4 is 5.32 Å². The minimum atomic E-state index is 0.403. The topological polar surface area (TPSA) is 21.3 Å². The molecule has 2 nitrogen and oxygen atoms in total. The van der Waals surface area contributed by atoms with Crippen LogP contribution in [0.2, 0.25) is 0 Å². The van der Waals surface area contributed by atoms with Gasteiger partial charge in [0.15, 0.2) is 0 Å². The second kappa shape index (κ2) is 8.08. The van der Waals surface area contributed by atoms with E-state index in [1.54, 1.807) is 0 Å². The lowest BCUT2D eigenvalue weighted by Crippen LogP contribution is -2.31. The highest BCUT2D eigenvalue weighted by Gasteiger charge is 2.16. The molecule has 0 aromatic rings. The molecule has 0 aromatic carbocycles. The van der Waals surface area contributed by atoms with Crippen molar-refractivity contribution in [3.05, 3.63) is 0 Å². The Bertz CT molecular complexity index is 166. The third-order valence-electron chi connectivity index (χ3n) is 3.52. The fraction of sp³-hybridized carbons (Fsp3) is 1.00. The average Bonchev–Trinajstić information content (AvgIpc) is 2.76. The van der Waals surface area contributed by atoms with E-state index in [9.17, 15) is 0 Å². The third-order valence-corrected chi connectivity index (χ3v) is 3.52. The van der Waals surface area contributed by atoms with E-state index in [4.69, 9.17) is 4.74 Å². The first-order valence-corrected chi connectivity index (χ1v) is 7.07. The molecule has 2 heteroatoms. The molecule has 0 heterocycles. The van der Waals surface area contributed by atoms with Gasteiger partial charge < -0.3 is 10.1 Å². The fourth-order valence-corrected chi connectivity index (χ4v) is 2.52. The summed E-state index contributed by atoms with van der Waals surface area (Å²) in [5.41, 5.74) is 0. The Morgan fingerprint density at radius 2 is 1.94 bits per heavy atom. The Morgan fingerprint density at radius 3 is 2.56 bits per heavy atom. The van der Waals surface area contributed by atoms with Gasteiger partial charge in [-0.2, -0.15) is 0 Å². The molecule has 1 fully saturated rings. The van der Waals surface area contributed by atoms with Crippen LogP contribution in [0.25, 0.3) is 0 Å². The zero-order valence-electron chi connectivity index (χ0n) is 11.3. The molecule has 0 bridgehead atoms.